The third kappa shape index (κ3) is 6.77. The van der Waals surface area contributed by atoms with E-state index in [0.29, 0.717) is 48.3 Å². The fourth-order valence-corrected chi connectivity index (χ4v) is 3.54. The lowest BCUT2D eigenvalue weighted by atomic mass is 10.1. The monoisotopic (exact) mass is 483 g/mol. The van der Waals surface area contributed by atoms with Gasteiger partial charge in [0, 0.05) is 36.0 Å². The van der Waals surface area contributed by atoms with Crippen molar-refractivity contribution < 1.29 is 27.8 Å². The van der Waals surface area contributed by atoms with Crippen LogP contribution in [0.5, 0.6) is 11.5 Å². The molecule has 0 aliphatic rings. The second kappa shape index (κ2) is 11.9. The van der Waals surface area contributed by atoms with Gasteiger partial charge in [0.15, 0.2) is 11.5 Å². The predicted octanol–water partition coefficient (Wildman–Crippen LogP) is 4.23. The molecule has 3 rings (SSSR count). The molecular formula is C26H27F2N3O4. The Bertz CT molecular complexity index is 1180. The molecule has 0 saturated carbocycles. The molecule has 0 aliphatic heterocycles. The van der Waals surface area contributed by atoms with Crippen molar-refractivity contribution in [2.75, 3.05) is 32.6 Å². The maximum atomic E-state index is 13.5. The van der Waals surface area contributed by atoms with Crippen molar-refractivity contribution >= 4 is 17.5 Å². The average Bonchev–Trinajstić information content (AvgIpc) is 2.85. The molecule has 0 spiro atoms. The van der Waals surface area contributed by atoms with Crippen LogP contribution in [0, 0.1) is 11.6 Å². The summed E-state index contributed by atoms with van der Waals surface area (Å²) in [4.78, 5) is 27.4. The summed E-state index contributed by atoms with van der Waals surface area (Å²) >= 11 is 0. The van der Waals surface area contributed by atoms with Crippen LogP contribution >= 0.6 is 0 Å². The molecule has 0 atom stereocenters. The van der Waals surface area contributed by atoms with Crippen molar-refractivity contribution in [2.45, 2.75) is 13.0 Å². The number of nitrogens with one attached hydrogen (secondary N) is 1. The fraction of sp³-hybridized carbons (Fsp3) is 0.231. The summed E-state index contributed by atoms with van der Waals surface area (Å²) in [7, 11) is 3.01. The van der Waals surface area contributed by atoms with Gasteiger partial charge in [-0.2, -0.15) is 0 Å². The normalized spacial score (nSPS) is 10.5. The summed E-state index contributed by atoms with van der Waals surface area (Å²) in [6.07, 6.45) is 0.598. The Balaban J connectivity index is 1.79. The van der Waals surface area contributed by atoms with Crippen LogP contribution in [0.2, 0.25) is 0 Å². The number of hydrogen-bond donors (Lipinski definition) is 2. The number of amides is 2. The van der Waals surface area contributed by atoms with Gasteiger partial charge >= 0.3 is 0 Å². The summed E-state index contributed by atoms with van der Waals surface area (Å²) in [5.41, 5.74) is 7.14. The molecule has 3 aromatic rings. The number of anilines is 1. The van der Waals surface area contributed by atoms with Crippen LogP contribution in [0.1, 0.15) is 32.7 Å². The molecule has 0 heterocycles. The van der Waals surface area contributed by atoms with Gasteiger partial charge in [0.05, 0.1) is 14.2 Å². The van der Waals surface area contributed by atoms with Crippen molar-refractivity contribution in [3.05, 3.63) is 89.0 Å². The molecule has 3 aromatic carbocycles. The van der Waals surface area contributed by atoms with E-state index in [2.05, 4.69) is 5.32 Å². The number of carbonyl (C=O) groups excluding carboxylic acids is 2. The Labute approximate surface area is 202 Å². The first kappa shape index (κ1) is 25.6. The van der Waals surface area contributed by atoms with E-state index in [4.69, 9.17) is 15.2 Å². The number of rotatable bonds is 10. The van der Waals surface area contributed by atoms with Gasteiger partial charge in [-0.1, -0.05) is 12.1 Å². The molecule has 3 N–H and O–H groups in total. The van der Waals surface area contributed by atoms with Crippen molar-refractivity contribution in [3.63, 3.8) is 0 Å². The molecule has 0 aromatic heterocycles. The number of methoxy groups -OCH3 is 2. The smallest absolute Gasteiger partial charge is 0.255 e. The van der Waals surface area contributed by atoms with Gasteiger partial charge in [0.2, 0.25) is 0 Å². The summed E-state index contributed by atoms with van der Waals surface area (Å²) in [5, 5.41) is 2.63. The second-order valence-corrected chi connectivity index (χ2v) is 7.75. The standard InChI is InChI=1S/C26H27F2N3O4/c1-34-23-8-7-18(14-24(23)35-2)26(33)31(10-4-9-29)16-17-5-3-6-22(11-17)30-25(32)19-12-20(27)15-21(28)13-19/h3,5-8,11-15H,4,9-10,16,29H2,1-2H3,(H,30,32). The van der Waals surface area contributed by atoms with Gasteiger partial charge < -0.3 is 25.4 Å². The van der Waals surface area contributed by atoms with Crippen molar-refractivity contribution in [1.29, 1.82) is 0 Å². The van der Waals surface area contributed by atoms with Gasteiger partial charge in [-0.3, -0.25) is 9.59 Å². The first-order chi connectivity index (χ1) is 16.8. The van der Waals surface area contributed by atoms with Crippen LogP contribution in [-0.2, 0) is 6.54 Å². The van der Waals surface area contributed by atoms with Gasteiger partial charge in [-0.25, -0.2) is 8.78 Å². The van der Waals surface area contributed by atoms with E-state index in [-0.39, 0.29) is 18.0 Å². The number of carbonyl (C=O) groups is 2. The molecule has 35 heavy (non-hydrogen) atoms. The molecule has 0 saturated heterocycles. The Morgan fingerprint density at radius 1 is 0.914 bits per heavy atom. The number of ether oxygens (including phenoxy) is 2. The minimum atomic E-state index is -0.840. The average molecular weight is 484 g/mol. The third-order valence-electron chi connectivity index (χ3n) is 5.23. The Hall–Kier alpha value is -3.98. The van der Waals surface area contributed by atoms with E-state index in [1.165, 1.54) is 14.2 Å². The highest BCUT2D eigenvalue weighted by molar-refractivity contribution is 6.04. The third-order valence-corrected chi connectivity index (χ3v) is 5.23. The summed E-state index contributed by atoms with van der Waals surface area (Å²) in [5.74, 6) is -1.60. The van der Waals surface area contributed by atoms with Crippen LogP contribution in [-0.4, -0.2) is 44.0 Å². The second-order valence-electron chi connectivity index (χ2n) is 7.75. The number of hydrogen-bond acceptors (Lipinski definition) is 5. The number of benzene rings is 3. The Kier molecular flexibility index (Phi) is 8.74. The van der Waals surface area contributed by atoms with Crippen LogP contribution in [0.3, 0.4) is 0 Å². The van der Waals surface area contributed by atoms with Crippen LogP contribution < -0.4 is 20.5 Å². The quantitative estimate of drug-likeness (QED) is 0.450. The Morgan fingerprint density at radius 2 is 1.63 bits per heavy atom. The van der Waals surface area contributed by atoms with Gasteiger partial charge in [-0.05, 0) is 61.0 Å². The summed E-state index contributed by atoms with van der Waals surface area (Å²) in [6, 6.07) is 14.4. The molecule has 0 fully saturated rings. The molecule has 0 radical (unpaired) electrons. The zero-order valence-electron chi connectivity index (χ0n) is 19.5. The van der Waals surface area contributed by atoms with Crippen molar-refractivity contribution in [3.8, 4) is 11.5 Å². The number of nitrogens with two attached hydrogens (primary N) is 1. The molecule has 0 bridgehead atoms. The zero-order valence-corrected chi connectivity index (χ0v) is 19.5. The van der Waals surface area contributed by atoms with Gasteiger partial charge in [-0.15, -0.1) is 0 Å². The first-order valence-corrected chi connectivity index (χ1v) is 10.9. The lowest BCUT2D eigenvalue weighted by molar-refractivity contribution is 0.0741. The minimum absolute atomic E-state index is 0.138. The van der Waals surface area contributed by atoms with E-state index in [9.17, 15) is 18.4 Å². The molecule has 184 valence electrons. The van der Waals surface area contributed by atoms with Crippen LogP contribution in [0.15, 0.2) is 60.7 Å². The molecule has 2 amide bonds. The van der Waals surface area contributed by atoms with E-state index in [0.717, 1.165) is 17.7 Å². The minimum Gasteiger partial charge on any atom is -0.493 e. The zero-order chi connectivity index (χ0) is 25.4. The van der Waals surface area contributed by atoms with Gasteiger partial charge in [0.1, 0.15) is 11.6 Å². The Morgan fingerprint density at radius 3 is 2.29 bits per heavy atom. The predicted molar refractivity (Wildman–Crippen MR) is 129 cm³/mol. The van der Waals surface area contributed by atoms with Crippen molar-refractivity contribution in [1.82, 2.24) is 4.90 Å². The highest BCUT2D eigenvalue weighted by Crippen LogP contribution is 2.28. The lowest BCUT2D eigenvalue weighted by Crippen LogP contribution is -2.32. The lowest BCUT2D eigenvalue weighted by Gasteiger charge is -2.23. The van der Waals surface area contributed by atoms with Crippen LogP contribution in [0.4, 0.5) is 14.5 Å². The van der Waals surface area contributed by atoms with E-state index >= 15 is 0 Å². The molecule has 0 unspecified atom stereocenters. The first-order valence-electron chi connectivity index (χ1n) is 10.9. The van der Waals surface area contributed by atoms with Gasteiger partial charge in [0.25, 0.3) is 11.8 Å². The maximum absolute atomic E-state index is 13.5. The molecule has 9 heteroatoms. The SMILES string of the molecule is COc1ccc(C(=O)N(CCCN)Cc2cccc(NC(=O)c3cc(F)cc(F)c3)c2)cc1OC. The fourth-order valence-electron chi connectivity index (χ4n) is 3.54. The molecular weight excluding hydrogens is 456 g/mol. The topological polar surface area (TPSA) is 93.9 Å². The van der Waals surface area contributed by atoms with E-state index in [1.807, 2.05) is 6.07 Å². The number of halogens is 2. The summed E-state index contributed by atoms with van der Waals surface area (Å²) in [6.45, 7) is 1.09. The van der Waals surface area contributed by atoms with Crippen molar-refractivity contribution in [2.24, 2.45) is 5.73 Å². The molecule has 7 nitrogen and oxygen atoms in total. The largest absolute Gasteiger partial charge is 0.493 e. The number of nitrogens with zero attached hydrogens (tertiary/aromatic N) is 1. The highest BCUT2D eigenvalue weighted by Gasteiger charge is 2.18. The van der Waals surface area contributed by atoms with Crippen LogP contribution in [0.25, 0.3) is 0 Å². The summed E-state index contributed by atoms with van der Waals surface area (Å²) < 4.78 is 37.5. The maximum Gasteiger partial charge on any atom is 0.255 e. The van der Waals surface area contributed by atoms with E-state index < -0.39 is 17.5 Å². The molecule has 0 aliphatic carbocycles. The highest BCUT2D eigenvalue weighted by atomic mass is 19.1. The van der Waals surface area contributed by atoms with E-state index in [1.54, 1.807) is 41.3 Å².